The summed E-state index contributed by atoms with van der Waals surface area (Å²) in [5.41, 5.74) is 6.63. The van der Waals surface area contributed by atoms with E-state index in [1.807, 2.05) is 25.1 Å². The van der Waals surface area contributed by atoms with Gasteiger partial charge in [0.05, 0.1) is 18.8 Å². The summed E-state index contributed by atoms with van der Waals surface area (Å²) in [4.78, 5) is 4.47. The van der Waals surface area contributed by atoms with E-state index in [9.17, 15) is 0 Å². The first kappa shape index (κ1) is 18.5. The van der Waals surface area contributed by atoms with Crippen LogP contribution in [-0.2, 0) is 5.54 Å². The molecule has 1 aromatic carbocycles. The largest absolute Gasteiger partial charge is 0.490 e. The highest BCUT2D eigenvalue weighted by Gasteiger charge is 2.39. The summed E-state index contributed by atoms with van der Waals surface area (Å²) in [7, 11) is 0. The average Bonchev–Trinajstić information content (AvgIpc) is 3.02. The Hall–Kier alpha value is -1.79. The van der Waals surface area contributed by atoms with Gasteiger partial charge in [0.2, 0.25) is 0 Å². The van der Waals surface area contributed by atoms with E-state index in [-0.39, 0.29) is 12.4 Å². The number of aromatic nitrogens is 2. The minimum atomic E-state index is -0.422. The second-order valence-electron chi connectivity index (χ2n) is 5.88. The Morgan fingerprint density at radius 2 is 2.00 bits per heavy atom. The van der Waals surface area contributed by atoms with Gasteiger partial charge in [-0.3, -0.25) is 0 Å². The topological polar surface area (TPSA) is 83.4 Å². The van der Waals surface area contributed by atoms with E-state index in [0.717, 1.165) is 37.0 Å². The summed E-state index contributed by atoms with van der Waals surface area (Å²) in [5.74, 6) is 2.46. The number of rotatable bonds is 7. The van der Waals surface area contributed by atoms with Gasteiger partial charge in [0.15, 0.2) is 17.3 Å². The van der Waals surface area contributed by atoms with Crippen LogP contribution in [0.2, 0.25) is 0 Å². The van der Waals surface area contributed by atoms with Crippen LogP contribution in [0.25, 0.3) is 11.5 Å². The Bertz CT molecular complexity index is 671. The zero-order chi connectivity index (χ0) is 16.3. The van der Waals surface area contributed by atoms with Crippen molar-refractivity contribution >= 4 is 12.4 Å². The van der Waals surface area contributed by atoms with Crippen molar-refractivity contribution in [2.24, 2.45) is 5.73 Å². The molecule has 2 aromatic rings. The SMILES string of the molecule is CCCOc1ccc(-c2nc(C3(N)CCC3)no2)cc1OCC.Cl. The third-order valence-electron chi connectivity index (χ3n) is 4.07. The maximum Gasteiger partial charge on any atom is 0.258 e. The van der Waals surface area contributed by atoms with Gasteiger partial charge in [-0.05, 0) is 50.8 Å². The fraction of sp³-hybridized carbons (Fsp3) is 0.529. The summed E-state index contributed by atoms with van der Waals surface area (Å²) in [6, 6.07) is 5.64. The first-order valence-corrected chi connectivity index (χ1v) is 8.19. The van der Waals surface area contributed by atoms with Gasteiger partial charge in [-0.1, -0.05) is 12.1 Å². The van der Waals surface area contributed by atoms with Gasteiger partial charge in [0, 0.05) is 5.56 Å². The predicted molar refractivity (Wildman–Crippen MR) is 93.7 cm³/mol. The van der Waals surface area contributed by atoms with E-state index in [2.05, 4.69) is 17.1 Å². The van der Waals surface area contributed by atoms with Gasteiger partial charge in [-0.15, -0.1) is 12.4 Å². The Balaban J connectivity index is 0.00000208. The highest BCUT2D eigenvalue weighted by molar-refractivity contribution is 5.85. The molecule has 0 aliphatic heterocycles. The fourth-order valence-corrected chi connectivity index (χ4v) is 2.56. The molecule has 0 spiro atoms. The quantitative estimate of drug-likeness (QED) is 0.817. The number of hydrogen-bond acceptors (Lipinski definition) is 6. The lowest BCUT2D eigenvalue weighted by Crippen LogP contribution is -2.44. The maximum absolute atomic E-state index is 6.24. The highest BCUT2D eigenvalue weighted by atomic mass is 35.5. The molecule has 0 saturated heterocycles. The Morgan fingerprint density at radius 1 is 1.21 bits per heavy atom. The molecule has 0 unspecified atom stereocenters. The van der Waals surface area contributed by atoms with Crippen molar-refractivity contribution in [2.45, 2.75) is 45.1 Å². The molecule has 0 amide bonds. The summed E-state index contributed by atoms with van der Waals surface area (Å²) in [6.07, 6.45) is 3.86. The molecule has 6 nitrogen and oxygen atoms in total. The predicted octanol–water partition coefficient (Wildman–Crippen LogP) is 3.68. The Labute approximate surface area is 148 Å². The van der Waals surface area contributed by atoms with Crippen LogP contribution in [0.15, 0.2) is 22.7 Å². The van der Waals surface area contributed by atoms with Crippen LogP contribution in [0.5, 0.6) is 11.5 Å². The first-order chi connectivity index (χ1) is 11.2. The lowest BCUT2D eigenvalue weighted by molar-refractivity contribution is 0.229. The van der Waals surface area contributed by atoms with Crippen LogP contribution in [0, 0.1) is 0 Å². The minimum Gasteiger partial charge on any atom is -0.490 e. The van der Waals surface area contributed by atoms with Crippen LogP contribution in [0.4, 0.5) is 0 Å². The van der Waals surface area contributed by atoms with Crippen LogP contribution in [0.1, 0.15) is 45.4 Å². The van der Waals surface area contributed by atoms with E-state index in [4.69, 9.17) is 19.7 Å². The molecule has 1 saturated carbocycles. The first-order valence-electron chi connectivity index (χ1n) is 8.19. The fourth-order valence-electron chi connectivity index (χ4n) is 2.56. The van der Waals surface area contributed by atoms with Crippen molar-refractivity contribution in [3.8, 4) is 23.0 Å². The number of nitrogens with zero attached hydrogens (tertiary/aromatic N) is 2. The van der Waals surface area contributed by atoms with Gasteiger partial charge in [0.25, 0.3) is 5.89 Å². The zero-order valence-corrected chi connectivity index (χ0v) is 14.9. The van der Waals surface area contributed by atoms with Crippen molar-refractivity contribution in [2.75, 3.05) is 13.2 Å². The van der Waals surface area contributed by atoms with Gasteiger partial charge in [-0.25, -0.2) is 0 Å². The number of halogens is 1. The van der Waals surface area contributed by atoms with E-state index in [1.54, 1.807) is 0 Å². The molecular weight excluding hydrogens is 330 g/mol. The van der Waals surface area contributed by atoms with Crippen molar-refractivity contribution in [1.82, 2.24) is 10.1 Å². The molecule has 2 N–H and O–H groups in total. The number of benzene rings is 1. The van der Waals surface area contributed by atoms with Gasteiger partial charge < -0.3 is 19.7 Å². The van der Waals surface area contributed by atoms with E-state index in [0.29, 0.717) is 30.7 Å². The third kappa shape index (κ3) is 3.65. The zero-order valence-electron chi connectivity index (χ0n) is 14.1. The molecule has 24 heavy (non-hydrogen) atoms. The van der Waals surface area contributed by atoms with Gasteiger partial charge >= 0.3 is 0 Å². The lowest BCUT2D eigenvalue weighted by Gasteiger charge is -2.34. The molecule has 1 aromatic heterocycles. The van der Waals surface area contributed by atoms with Gasteiger partial charge in [0.1, 0.15) is 0 Å². The van der Waals surface area contributed by atoms with Crippen LogP contribution < -0.4 is 15.2 Å². The van der Waals surface area contributed by atoms with Crippen molar-refractivity contribution < 1.29 is 14.0 Å². The molecule has 132 valence electrons. The smallest absolute Gasteiger partial charge is 0.258 e. The molecular formula is C17H24ClN3O3. The van der Waals surface area contributed by atoms with E-state index >= 15 is 0 Å². The van der Waals surface area contributed by atoms with Crippen LogP contribution in [-0.4, -0.2) is 23.4 Å². The standard InChI is InChI=1S/C17H23N3O3.ClH/c1-3-10-22-13-7-6-12(11-14(13)21-4-2)15-19-16(20-23-15)17(18)8-5-9-17;/h6-7,11H,3-5,8-10,18H2,1-2H3;1H. The molecule has 0 radical (unpaired) electrons. The molecule has 7 heteroatoms. The Morgan fingerprint density at radius 3 is 2.62 bits per heavy atom. The number of hydrogen-bond donors (Lipinski definition) is 1. The normalized spacial score (nSPS) is 15.3. The van der Waals surface area contributed by atoms with E-state index < -0.39 is 5.54 Å². The monoisotopic (exact) mass is 353 g/mol. The van der Waals surface area contributed by atoms with E-state index in [1.165, 1.54) is 0 Å². The van der Waals surface area contributed by atoms with Crippen molar-refractivity contribution in [3.63, 3.8) is 0 Å². The van der Waals surface area contributed by atoms with Crippen molar-refractivity contribution in [1.29, 1.82) is 0 Å². The summed E-state index contributed by atoms with van der Waals surface area (Å²) < 4.78 is 16.8. The molecule has 1 fully saturated rings. The summed E-state index contributed by atoms with van der Waals surface area (Å²) >= 11 is 0. The molecule has 0 bridgehead atoms. The molecule has 1 heterocycles. The van der Waals surface area contributed by atoms with Crippen LogP contribution >= 0.6 is 12.4 Å². The second kappa shape index (κ2) is 7.85. The summed E-state index contributed by atoms with van der Waals surface area (Å²) in [6.45, 7) is 5.22. The highest BCUT2D eigenvalue weighted by Crippen LogP contribution is 2.38. The van der Waals surface area contributed by atoms with Gasteiger partial charge in [-0.2, -0.15) is 4.98 Å². The average molecular weight is 354 g/mol. The third-order valence-corrected chi connectivity index (χ3v) is 4.07. The summed E-state index contributed by atoms with van der Waals surface area (Å²) in [5, 5.41) is 4.05. The Kier molecular flexibility index (Phi) is 6.07. The molecule has 3 rings (SSSR count). The van der Waals surface area contributed by atoms with Crippen molar-refractivity contribution in [3.05, 3.63) is 24.0 Å². The van der Waals surface area contributed by atoms with Crippen LogP contribution in [0.3, 0.4) is 0 Å². The minimum absolute atomic E-state index is 0. The maximum atomic E-state index is 6.24. The lowest BCUT2D eigenvalue weighted by atomic mass is 9.77. The molecule has 0 atom stereocenters. The number of nitrogens with two attached hydrogens (primary N) is 1. The number of ether oxygens (including phenoxy) is 2. The molecule has 1 aliphatic rings. The second-order valence-corrected chi connectivity index (χ2v) is 5.88. The molecule has 1 aliphatic carbocycles.